The number of H-pyrrole nitrogens is 1. The Labute approximate surface area is 130 Å². The molecule has 0 saturated carbocycles. The first kappa shape index (κ1) is 14.2. The van der Waals surface area contributed by atoms with E-state index in [9.17, 15) is 4.79 Å². The SMILES string of the molecule is O=c1[nH]c(N/N=C/c2cccs2)nnc1Cc1ccccc1. The predicted molar refractivity (Wildman–Crippen MR) is 87.4 cm³/mol. The van der Waals surface area contributed by atoms with Crippen LogP contribution in [0.15, 0.2) is 57.7 Å². The quantitative estimate of drug-likeness (QED) is 0.559. The molecule has 1 aromatic carbocycles. The fraction of sp³-hybridized carbons (Fsp3) is 0.0667. The van der Waals surface area contributed by atoms with Gasteiger partial charge in [-0.2, -0.15) is 5.10 Å². The number of thiophene rings is 1. The van der Waals surface area contributed by atoms with Gasteiger partial charge in [-0.3, -0.25) is 9.78 Å². The predicted octanol–water partition coefficient (Wildman–Crippen LogP) is 2.26. The van der Waals surface area contributed by atoms with Crippen molar-refractivity contribution in [2.75, 3.05) is 5.43 Å². The van der Waals surface area contributed by atoms with Gasteiger partial charge in [-0.05, 0) is 17.0 Å². The van der Waals surface area contributed by atoms with E-state index in [0.29, 0.717) is 12.1 Å². The van der Waals surface area contributed by atoms with Crippen molar-refractivity contribution in [3.63, 3.8) is 0 Å². The van der Waals surface area contributed by atoms with Crippen LogP contribution in [0.2, 0.25) is 0 Å². The van der Waals surface area contributed by atoms with Gasteiger partial charge in [-0.1, -0.05) is 36.4 Å². The summed E-state index contributed by atoms with van der Waals surface area (Å²) in [6.45, 7) is 0. The van der Waals surface area contributed by atoms with Crippen molar-refractivity contribution in [3.05, 3.63) is 74.3 Å². The van der Waals surface area contributed by atoms with Gasteiger partial charge in [0.05, 0.1) is 6.21 Å². The molecule has 0 fully saturated rings. The third-order valence-corrected chi connectivity index (χ3v) is 3.69. The van der Waals surface area contributed by atoms with Crippen LogP contribution in [0.4, 0.5) is 5.95 Å². The van der Waals surface area contributed by atoms with Gasteiger partial charge < -0.3 is 0 Å². The van der Waals surface area contributed by atoms with E-state index in [2.05, 4.69) is 25.7 Å². The number of hydrazone groups is 1. The van der Waals surface area contributed by atoms with Crippen LogP contribution in [0.1, 0.15) is 16.1 Å². The minimum atomic E-state index is -0.271. The molecule has 0 saturated heterocycles. The van der Waals surface area contributed by atoms with E-state index in [1.54, 1.807) is 17.6 Å². The van der Waals surface area contributed by atoms with E-state index < -0.39 is 0 Å². The smallest absolute Gasteiger partial charge is 0.274 e. The molecular formula is C15H13N5OS. The van der Waals surface area contributed by atoms with Crippen LogP contribution in [-0.2, 0) is 6.42 Å². The van der Waals surface area contributed by atoms with E-state index in [0.717, 1.165) is 10.4 Å². The zero-order valence-corrected chi connectivity index (χ0v) is 12.4. The van der Waals surface area contributed by atoms with Crippen molar-refractivity contribution in [1.82, 2.24) is 15.2 Å². The molecular weight excluding hydrogens is 298 g/mol. The number of rotatable bonds is 5. The van der Waals surface area contributed by atoms with Gasteiger partial charge in [0, 0.05) is 11.3 Å². The molecule has 0 radical (unpaired) electrons. The third-order valence-electron chi connectivity index (χ3n) is 2.88. The summed E-state index contributed by atoms with van der Waals surface area (Å²) in [6, 6.07) is 13.5. The Hall–Kier alpha value is -2.80. The molecule has 2 N–H and O–H groups in total. The van der Waals surface area contributed by atoms with Crippen molar-refractivity contribution in [2.24, 2.45) is 5.10 Å². The summed E-state index contributed by atoms with van der Waals surface area (Å²) in [5, 5.41) is 13.9. The van der Waals surface area contributed by atoms with Crippen molar-refractivity contribution in [1.29, 1.82) is 0 Å². The summed E-state index contributed by atoms with van der Waals surface area (Å²) >= 11 is 1.57. The summed E-state index contributed by atoms with van der Waals surface area (Å²) < 4.78 is 0. The molecule has 2 aromatic heterocycles. The Morgan fingerprint density at radius 3 is 2.77 bits per heavy atom. The molecule has 0 aliphatic carbocycles. The van der Waals surface area contributed by atoms with Crippen LogP contribution in [-0.4, -0.2) is 21.4 Å². The molecule has 110 valence electrons. The van der Waals surface area contributed by atoms with Gasteiger partial charge in [0.15, 0.2) is 0 Å². The number of hydrogen-bond donors (Lipinski definition) is 2. The van der Waals surface area contributed by atoms with E-state index >= 15 is 0 Å². The fourth-order valence-electron chi connectivity index (χ4n) is 1.84. The Balaban J connectivity index is 1.68. The normalized spacial score (nSPS) is 10.9. The second-order valence-electron chi connectivity index (χ2n) is 4.50. The summed E-state index contributed by atoms with van der Waals surface area (Å²) in [5.74, 6) is 0.217. The molecule has 0 unspecified atom stereocenters. The number of nitrogens with one attached hydrogen (secondary N) is 2. The number of anilines is 1. The van der Waals surface area contributed by atoms with E-state index in [4.69, 9.17) is 0 Å². The maximum absolute atomic E-state index is 12.0. The lowest BCUT2D eigenvalue weighted by molar-refractivity contribution is 0.866. The highest BCUT2D eigenvalue weighted by atomic mass is 32.1. The molecule has 22 heavy (non-hydrogen) atoms. The number of aromatic nitrogens is 3. The maximum atomic E-state index is 12.0. The second-order valence-corrected chi connectivity index (χ2v) is 5.48. The van der Waals surface area contributed by atoms with Crippen LogP contribution >= 0.6 is 11.3 Å². The molecule has 2 heterocycles. The first-order valence-electron chi connectivity index (χ1n) is 6.63. The summed E-state index contributed by atoms with van der Waals surface area (Å²) in [5.41, 5.74) is 3.78. The molecule has 3 aromatic rings. The topological polar surface area (TPSA) is 83.0 Å². The van der Waals surface area contributed by atoms with Crippen molar-refractivity contribution < 1.29 is 0 Å². The largest absolute Gasteiger partial charge is 0.288 e. The molecule has 7 heteroatoms. The van der Waals surface area contributed by atoms with Crippen LogP contribution in [0, 0.1) is 0 Å². The molecule has 3 rings (SSSR count). The minimum absolute atomic E-state index is 0.217. The highest BCUT2D eigenvalue weighted by Crippen LogP contribution is 2.05. The highest BCUT2D eigenvalue weighted by Gasteiger charge is 2.05. The Kier molecular flexibility index (Phi) is 4.35. The van der Waals surface area contributed by atoms with Gasteiger partial charge in [-0.25, -0.2) is 5.43 Å². The average Bonchev–Trinajstić information content (AvgIpc) is 3.04. The molecule has 0 amide bonds. The molecule has 0 bridgehead atoms. The number of benzene rings is 1. The van der Waals surface area contributed by atoms with Crippen molar-refractivity contribution in [3.8, 4) is 0 Å². The lowest BCUT2D eigenvalue weighted by atomic mass is 10.1. The van der Waals surface area contributed by atoms with Gasteiger partial charge in [0.2, 0.25) is 5.95 Å². The average molecular weight is 311 g/mol. The third kappa shape index (κ3) is 3.64. The molecule has 0 atom stereocenters. The van der Waals surface area contributed by atoms with Crippen LogP contribution in [0.25, 0.3) is 0 Å². The standard InChI is InChI=1S/C15H13N5OS/c21-14-13(9-11-5-2-1-3-6-11)18-20-15(17-14)19-16-10-12-7-4-8-22-12/h1-8,10H,9H2,(H2,17,19,20,21)/b16-10+. The van der Waals surface area contributed by atoms with Crippen LogP contribution in [0.5, 0.6) is 0 Å². The van der Waals surface area contributed by atoms with Crippen molar-refractivity contribution >= 4 is 23.5 Å². The van der Waals surface area contributed by atoms with Gasteiger partial charge >= 0.3 is 0 Å². The zero-order chi connectivity index (χ0) is 15.2. The maximum Gasteiger partial charge on any atom is 0.274 e. The Bertz CT molecular complexity index is 811. The van der Waals surface area contributed by atoms with Gasteiger partial charge in [0.1, 0.15) is 5.69 Å². The number of aromatic amines is 1. The summed E-state index contributed by atoms with van der Waals surface area (Å²) in [4.78, 5) is 15.6. The fourth-order valence-corrected chi connectivity index (χ4v) is 2.42. The lowest BCUT2D eigenvalue weighted by Gasteiger charge is -2.01. The van der Waals surface area contributed by atoms with Gasteiger partial charge in [-0.15, -0.1) is 21.5 Å². The lowest BCUT2D eigenvalue weighted by Crippen LogP contribution is -2.18. The second kappa shape index (κ2) is 6.77. The molecule has 6 nitrogen and oxygen atoms in total. The minimum Gasteiger partial charge on any atom is -0.288 e. The summed E-state index contributed by atoms with van der Waals surface area (Å²) in [7, 11) is 0. The van der Waals surface area contributed by atoms with E-state index in [1.165, 1.54) is 0 Å². The number of nitrogens with zero attached hydrogens (tertiary/aromatic N) is 3. The van der Waals surface area contributed by atoms with Gasteiger partial charge in [0.25, 0.3) is 5.56 Å². The van der Waals surface area contributed by atoms with E-state index in [1.807, 2.05) is 47.8 Å². The molecule has 0 aliphatic heterocycles. The number of hydrogen-bond acceptors (Lipinski definition) is 6. The first-order valence-corrected chi connectivity index (χ1v) is 7.51. The monoisotopic (exact) mass is 311 g/mol. The van der Waals surface area contributed by atoms with Crippen LogP contribution in [0.3, 0.4) is 0 Å². The first-order chi connectivity index (χ1) is 10.8. The van der Waals surface area contributed by atoms with Crippen LogP contribution < -0.4 is 11.0 Å². The highest BCUT2D eigenvalue weighted by molar-refractivity contribution is 7.11. The van der Waals surface area contributed by atoms with Crippen molar-refractivity contribution in [2.45, 2.75) is 6.42 Å². The zero-order valence-electron chi connectivity index (χ0n) is 11.6. The Morgan fingerprint density at radius 1 is 1.18 bits per heavy atom. The summed E-state index contributed by atoms with van der Waals surface area (Å²) in [6.07, 6.45) is 2.10. The van der Waals surface area contributed by atoms with E-state index in [-0.39, 0.29) is 11.5 Å². The molecule has 0 aliphatic rings. The Morgan fingerprint density at radius 2 is 2.05 bits per heavy atom. The molecule has 0 spiro atoms.